The van der Waals surface area contributed by atoms with E-state index in [4.69, 9.17) is 0 Å². The highest BCUT2D eigenvalue weighted by Crippen LogP contribution is 2.23. The summed E-state index contributed by atoms with van der Waals surface area (Å²) in [6, 6.07) is 3.21. The van der Waals surface area contributed by atoms with E-state index in [1.807, 2.05) is 0 Å². The molecular weight excluding hydrogens is 312 g/mol. The molecule has 2 rings (SSSR count). The van der Waals surface area contributed by atoms with Crippen molar-refractivity contribution >= 4 is 27.3 Å². The van der Waals surface area contributed by atoms with E-state index in [1.54, 1.807) is 6.07 Å². The maximum Gasteiger partial charge on any atom is 0.271 e. The maximum absolute atomic E-state index is 11.9. The van der Waals surface area contributed by atoms with Crippen LogP contribution in [-0.2, 0) is 16.6 Å². The normalized spacial score (nSPS) is 11.6. The van der Waals surface area contributed by atoms with E-state index in [1.165, 1.54) is 38.8 Å². The second-order valence-electron chi connectivity index (χ2n) is 4.28. The molecule has 0 saturated heterocycles. The molecule has 0 aliphatic rings. The quantitative estimate of drug-likeness (QED) is 0.874. The van der Waals surface area contributed by atoms with Crippen LogP contribution < -0.4 is 5.32 Å². The molecule has 21 heavy (non-hydrogen) atoms. The average Bonchev–Trinajstić information content (AvgIpc) is 2.95. The maximum atomic E-state index is 11.9. The highest BCUT2D eigenvalue weighted by atomic mass is 32.2. The van der Waals surface area contributed by atoms with Gasteiger partial charge in [-0.1, -0.05) is 0 Å². The van der Waals surface area contributed by atoms with Crippen molar-refractivity contribution in [1.82, 2.24) is 19.6 Å². The van der Waals surface area contributed by atoms with Gasteiger partial charge in [0.2, 0.25) is 0 Å². The molecule has 112 valence electrons. The number of carbonyl (C=O) groups is 1. The van der Waals surface area contributed by atoms with Crippen LogP contribution in [0.5, 0.6) is 0 Å². The number of amides is 1. The molecule has 0 radical (unpaired) electrons. The number of sulfonamides is 1. The summed E-state index contributed by atoms with van der Waals surface area (Å²) < 4.78 is 25.3. The van der Waals surface area contributed by atoms with Crippen LogP contribution in [0.1, 0.15) is 15.4 Å². The van der Waals surface area contributed by atoms with E-state index < -0.39 is 10.0 Å². The van der Waals surface area contributed by atoms with Crippen LogP contribution in [0.15, 0.2) is 34.9 Å². The number of aromatic nitrogens is 2. The van der Waals surface area contributed by atoms with Gasteiger partial charge in [0.05, 0.1) is 12.7 Å². The largest absolute Gasteiger partial charge is 0.346 e. The standard InChI is InChI=1S/C12H14N4O3S2/c1-16(2)21(18,19)11-4-3-9(20-11)7-15-12(17)10-8-13-5-6-14-10/h3-6,8H,7H2,1-2H3,(H,15,17). The predicted molar refractivity (Wildman–Crippen MR) is 78.4 cm³/mol. The molecular formula is C12H14N4O3S2. The Morgan fingerprint density at radius 1 is 1.33 bits per heavy atom. The van der Waals surface area contributed by atoms with E-state index in [-0.39, 0.29) is 22.4 Å². The van der Waals surface area contributed by atoms with Gasteiger partial charge in [-0.3, -0.25) is 9.78 Å². The van der Waals surface area contributed by atoms with E-state index in [2.05, 4.69) is 15.3 Å². The van der Waals surface area contributed by atoms with Crippen molar-refractivity contribution in [3.05, 3.63) is 41.3 Å². The van der Waals surface area contributed by atoms with Crippen molar-refractivity contribution in [3.63, 3.8) is 0 Å². The molecule has 0 aromatic carbocycles. The van der Waals surface area contributed by atoms with Crippen LogP contribution in [-0.4, -0.2) is 42.7 Å². The Morgan fingerprint density at radius 3 is 2.71 bits per heavy atom. The van der Waals surface area contributed by atoms with Crippen LogP contribution in [0.4, 0.5) is 0 Å². The van der Waals surface area contributed by atoms with Gasteiger partial charge in [-0.15, -0.1) is 11.3 Å². The number of nitrogens with one attached hydrogen (secondary N) is 1. The topological polar surface area (TPSA) is 92.3 Å². The summed E-state index contributed by atoms with van der Waals surface area (Å²) in [5.74, 6) is -0.353. The Morgan fingerprint density at radius 2 is 2.10 bits per heavy atom. The predicted octanol–water partition coefficient (Wildman–Crippen LogP) is 0.718. The number of carbonyl (C=O) groups excluding carboxylic acids is 1. The molecule has 0 unspecified atom stereocenters. The Balaban J connectivity index is 2.03. The lowest BCUT2D eigenvalue weighted by Gasteiger charge is -2.08. The van der Waals surface area contributed by atoms with Gasteiger partial charge in [-0.25, -0.2) is 17.7 Å². The van der Waals surface area contributed by atoms with Crippen molar-refractivity contribution in [3.8, 4) is 0 Å². The molecule has 1 amide bonds. The number of rotatable bonds is 5. The van der Waals surface area contributed by atoms with Gasteiger partial charge in [0.1, 0.15) is 9.90 Å². The van der Waals surface area contributed by atoms with Gasteiger partial charge in [-0.2, -0.15) is 0 Å². The lowest BCUT2D eigenvalue weighted by Crippen LogP contribution is -2.23. The van der Waals surface area contributed by atoms with Gasteiger partial charge < -0.3 is 5.32 Å². The summed E-state index contributed by atoms with van der Waals surface area (Å²) >= 11 is 1.12. The monoisotopic (exact) mass is 326 g/mol. The summed E-state index contributed by atoms with van der Waals surface area (Å²) in [6.07, 6.45) is 4.28. The first-order chi connectivity index (χ1) is 9.91. The molecule has 2 aromatic heterocycles. The zero-order valence-electron chi connectivity index (χ0n) is 11.5. The molecule has 0 atom stereocenters. The fourth-order valence-electron chi connectivity index (χ4n) is 1.45. The molecule has 0 aliphatic heterocycles. The van der Waals surface area contributed by atoms with E-state index >= 15 is 0 Å². The van der Waals surface area contributed by atoms with E-state index in [9.17, 15) is 13.2 Å². The Labute approximate surface area is 126 Å². The lowest BCUT2D eigenvalue weighted by molar-refractivity contribution is 0.0946. The fourth-order valence-corrected chi connectivity index (χ4v) is 3.91. The third-order valence-corrected chi connectivity index (χ3v) is 5.96. The molecule has 0 saturated carbocycles. The SMILES string of the molecule is CN(C)S(=O)(=O)c1ccc(CNC(=O)c2cnccn2)s1. The Bertz CT molecular complexity index is 726. The molecule has 2 heterocycles. The summed E-state index contributed by atoms with van der Waals surface area (Å²) in [7, 11) is -0.476. The summed E-state index contributed by atoms with van der Waals surface area (Å²) in [5.41, 5.74) is 0.218. The number of nitrogens with zero attached hydrogens (tertiary/aromatic N) is 3. The Kier molecular flexibility index (Phi) is 4.66. The minimum atomic E-state index is -3.43. The average molecular weight is 326 g/mol. The van der Waals surface area contributed by atoms with Gasteiger partial charge in [0, 0.05) is 31.4 Å². The van der Waals surface area contributed by atoms with Crippen LogP contribution in [0.2, 0.25) is 0 Å². The van der Waals surface area contributed by atoms with E-state index in [0.717, 1.165) is 20.5 Å². The van der Waals surface area contributed by atoms with Crippen molar-refractivity contribution in [2.75, 3.05) is 14.1 Å². The minimum absolute atomic E-state index is 0.218. The summed E-state index contributed by atoms with van der Waals surface area (Å²) in [5, 5.41) is 2.67. The van der Waals surface area contributed by atoms with Gasteiger partial charge in [0.25, 0.3) is 15.9 Å². The zero-order chi connectivity index (χ0) is 15.5. The van der Waals surface area contributed by atoms with Gasteiger partial charge >= 0.3 is 0 Å². The molecule has 9 heteroatoms. The molecule has 0 bridgehead atoms. The molecule has 0 aliphatic carbocycles. The number of hydrogen-bond acceptors (Lipinski definition) is 6. The second-order valence-corrected chi connectivity index (χ2v) is 7.83. The lowest BCUT2D eigenvalue weighted by atomic mass is 10.4. The molecule has 7 nitrogen and oxygen atoms in total. The van der Waals surface area contributed by atoms with Crippen molar-refractivity contribution in [2.45, 2.75) is 10.8 Å². The molecule has 0 spiro atoms. The van der Waals surface area contributed by atoms with Crippen LogP contribution in [0.3, 0.4) is 0 Å². The highest BCUT2D eigenvalue weighted by Gasteiger charge is 2.19. The molecule has 2 aromatic rings. The van der Waals surface area contributed by atoms with Crippen LogP contribution in [0, 0.1) is 0 Å². The van der Waals surface area contributed by atoms with Crippen molar-refractivity contribution in [2.24, 2.45) is 0 Å². The van der Waals surface area contributed by atoms with E-state index in [0.29, 0.717) is 0 Å². The number of thiophene rings is 1. The van der Waals surface area contributed by atoms with Gasteiger partial charge in [0.15, 0.2) is 0 Å². The Hall–Kier alpha value is -1.84. The van der Waals surface area contributed by atoms with Crippen LogP contribution >= 0.6 is 11.3 Å². The first-order valence-electron chi connectivity index (χ1n) is 5.96. The van der Waals surface area contributed by atoms with Crippen molar-refractivity contribution < 1.29 is 13.2 Å². The third-order valence-electron chi connectivity index (χ3n) is 2.59. The second kappa shape index (κ2) is 6.29. The third kappa shape index (κ3) is 3.63. The first-order valence-corrected chi connectivity index (χ1v) is 8.22. The summed E-state index contributed by atoms with van der Waals surface area (Å²) in [4.78, 5) is 20.2. The van der Waals surface area contributed by atoms with Crippen molar-refractivity contribution in [1.29, 1.82) is 0 Å². The smallest absolute Gasteiger partial charge is 0.271 e. The number of hydrogen-bond donors (Lipinski definition) is 1. The molecule has 1 N–H and O–H groups in total. The van der Waals surface area contributed by atoms with Gasteiger partial charge in [-0.05, 0) is 12.1 Å². The highest BCUT2D eigenvalue weighted by molar-refractivity contribution is 7.91. The minimum Gasteiger partial charge on any atom is -0.346 e. The zero-order valence-corrected chi connectivity index (χ0v) is 13.1. The fraction of sp³-hybridized carbons (Fsp3) is 0.250. The summed E-state index contributed by atoms with van der Waals surface area (Å²) in [6.45, 7) is 0.239. The first kappa shape index (κ1) is 15.5. The van der Waals surface area contributed by atoms with Crippen LogP contribution in [0.25, 0.3) is 0 Å². The molecule has 0 fully saturated rings.